The average Bonchev–Trinajstić information content (AvgIpc) is 3.65. The molecule has 0 radical (unpaired) electrons. The Balaban J connectivity index is 1.08. The largest absolute Gasteiger partial charge is 0.462 e. The minimum atomic E-state index is -0.528. The molecule has 1 N–H and O–H groups in total. The van der Waals surface area contributed by atoms with Gasteiger partial charge < -0.3 is 15.0 Å². The van der Waals surface area contributed by atoms with Crippen LogP contribution in [0.1, 0.15) is 41.6 Å². The second kappa shape index (κ2) is 13.0. The van der Waals surface area contributed by atoms with Crippen molar-refractivity contribution in [3.8, 4) is 17.3 Å². The van der Waals surface area contributed by atoms with Crippen LogP contribution in [0, 0.1) is 17.7 Å². The smallest absolute Gasteiger partial charge is 0.319 e. The van der Waals surface area contributed by atoms with E-state index in [4.69, 9.17) is 21.3 Å². The summed E-state index contributed by atoms with van der Waals surface area (Å²) in [5, 5.41) is 5.92. The molecule has 1 aliphatic carbocycles. The van der Waals surface area contributed by atoms with Crippen molar-refractivity contribution < 1.29 is 13.9 Å². The number of likely N-dealkylation sites (N-methyl/N-ethyl adjacent to an activating group) is 1. The molecule has 2 aliphatic heterocycles. The van der Waals surface area contributed by atoms with E-state index in [9.17, 15) is 4.79 Å². The Kier molecular flexibility index (Phi) is 8.41. The van der Waals surface area contributed by atoms with Crippen LogP contribution >= 0.6 is 11.6 Å². The molecule has 2 saturated heterocycles. The maximum absolute atomic E-state index is 16.7. The van der Waals surface area contributed by atoms with Crippen molar-refractivity contribution in [2.75, 3.05) is 38.2 Å². The van der Waals surface area contributed by atoms with Crippen molar-refractivity contribution in [2.45, 2.75) is 37.8 Å². The summed E-state index contributed by atoms with van der Waals surface area (Å²) < 4.78 is 23.0. The lowest BCUT2D eigenvalue weighted by Crippen LogP contribution is -2.37. The van der Waals surface area contributed by atoms with Crippen LogP contribution in [-0.4, -0.2) is 71.1 Å². The molecule has 1 amide bonds. The number of benzene rings is 3. The Morgan fingerprint density at radius 2 is 1.80 bits per heavy atom. The first kappa shape index (κ1) is 31.7. The fraction of sp³-hybridized carbons (Fsp3) is 0.333. The van der Waals surface area contributed by atoms with Gasteiger partial charge in [0.05, 0.1) is 5.39 Å². The Bertz CT molecular complexity index is 2060. The van der Waals surface area contributed by atoms with Crippen molar-refractivity contribution in [3.63, 3.8) is 0 Å². The number of halogens is 2. The maximum atomic E-state index is 16.7. The van der Waals surface area contributed by atoms with Gasteiger partial charge in [0.1, 0.15) is 23.6 Å². The molecule has 4 atom stereocenters. The molecule has 10 heteroatoms. The number of anilines is 1. The predicted octanol–water partition coefficient (Wildman–Crippen LogP) is 7.40. The number of pyridine rings is 1. The highest BCUT2D eigenvalue weighted by Crippen LogP contribution is 2.41. The van der Waals surface area contributed by atoms with Crippen molar-refractivity contribution in [1.82, 2.24) is 25.2 Å². The number of carbonyl (C=O) groups excluding carboxylic acids is 1. The average molecular weight is 677 g/mol. The summed E-state index contributed by atoms with van der Waals surface area (Å²) in [6, 6.07) is 18.8. The van der Waals surface area contributed by atoms with Gasteiger partial charge in [-0.3, -0.25) is 14.7 Å². The molecule has 1 saturated carbocycles. The van der Waals surface area contributed by atoms with Crippen LogP contribution in [0.2, 0.25) is 5.02 Å². The van der Waals surface area contributed by atoms with Crippen LogP contribution < -0.4 is 15.0 Å². The predicted molar refractivity (Wildman–Crippen MR) is 193 cm³/mol. The van der Waals surface area contributed by atoms with Crippen LogP contribution in [0.5, 0.6) is 6.01 Å². The van der Waals surface area contributed by atoms with Crippen molar-refractivity contribution in [1.29, 1.82) is 0 Å². The normalized spacial score (nSPS) is 22.1. The zero-order valence-corrected chi connectivity index (χ0v) is 28.2. The van der Waals surface area contributed by atoms with Crippen LogP contribution in [0.25, 0.3) is 39.0 Å². The lowest BCUT2D eigenvalue weighted by molar-refractivity contribution is 0.0938. The summed E-state index contributed by atoms with van der Waals surface area (Å²) in [6.07, 6.45) is 7.79. The third-order valence-electron chi connectivity index (χ3n) is 10.5. The van der Waals surface area contributed by atoms with E-state index in [1.807, 2.05) is 61.6 Å². The minimum Gasteiger partial charge on any atom is -0.462 e. The SMILES string of the molecule is C=Cc1ccc(C(=O)N[C@@H]2C[C@@H](COc3nc(N4CC5CCC(C5)C4)c4cnc(-c5cccc6cccc(Cl)c56)c(F)c4n3)N(C)C2)cc1. The third kappa shape index (κ3) is 6.10. The summed E-state index contributed by atoms with van der Waals surface area (Å²) in [5.41, 5.74) is 2.55. The Morgan fingerprint density at radius 1 is 1.04 bits per heavy atom. The number of aromatic nitrogens is 3. The Labute approximate surface area is 290 Å². The van der Waals surface area contributed by atoms with Gasteiger partial charge >= 0.3 is 6.01 Å². The number of amides is 1. The molecule has 0 spiro atoms. The van der Waals surface area contributed by atoms with Gasteiger partial charge in [-0.25, -0.2) is 4.39 Å². The summed E-state index contributed by atoms with van der Waals surface area (Å²) in [6.45, 7) is 6.49. The number of likely N-dealkylation sites (tertiary alicyclic amines) is 1. The zero-order chi connectivity index (χ0) is 33.6. The molecule has 2 bridgehead atoms. The minimum absolute atomic E-state index is 0.0118. The van der Waals surface area contributed by atoms with E-state index >= 15 is 4.39 Å². The molecule has 49 heavy (non-hydrogen) atoms. The highest BCUT2D eigenvalue weighted by atomic mass is 35.5. The molecule has 250 valence electrons. The Morgan fingerprint density at radius 3 is 2.55 bits per heavy atom. The highest BCUT2D eigenvalue weighted by molar-refractivity contribution is 6.36. The van der Waals surface area contributed by atoms with E-state index in [0.717, 1.165) is 29.4 Å². The molecule has 8 nitrogen and oxygen atoms in total. The third-order valence-corrected chi connectivity index (χ3v) is 10.8. The molecule has 5 aromatic rings. The zero-order valence-electron chi connectivity index (χ0n) is 27.4. The fourth-order valence-electron chi connectivity index (χ4n) is 7.98. The first-order valence-electron chi connectivity index (χ1n) is 17.0. The van der Waals surface area contributed by atoms with E-state index in [1.54, 1.807) is 18.3 Å². The van der Waals surface area contributed by atoms with E-state index < -0.39 is 5.82 Å². The van der Waals surface area contributed by atoms with Gasteiger partial charge in [-0.2, -0.15) is 9.97 Å². The quantitative estimate of drug-likeness (QED) is 0.183. The van der Waals surface area contributed by atoms with E-state index in [1.165, 1.54) is 19.3 Å². The van der Waals surface area contributed by atoms with Crippen molar-refractivity contribution >= 4 is 51.1 Å². The van der Waals surface area contributed by atoms with Crippen LogP contribution in [0.4, 0.5) is 10.2 Å². The van der Waals surface area contributed by atoms with Crippen molar-refractivity contribution in [2.24, 2.45) is 11.8 Å². The van der Waals surface area contributed by atoms with Crippen LogP contribution in [0.3, 0.4) is 0 Å². The molecule has 8 rings (SSSR count). The van der Waals surface area contributed by atoms with Crippen LogP contribution in [-0.2, 0) is 0 Å². The number of nitrogens with zero attached hydrogens (tertiary/aromatic N) is 5. The molecule has 3 aliphatic rings. The maximum Gasteiger partial charge on any atom is 0.319 e. The van der Waals surface area contributed by atoms with Gasteiger partial charge in [-0.15, -0.1) is 0 Å². The number of hydrogen-bond acceptors (Lipinski definition) is 7. The number of fused-ring (bicyclic) bond motifs is 4. The standard InChI is InChI=1S/C39H38ClFN6O2/c1-3-23-12-14-27(15-13-23)38(48)43-28-17-29(46(2)21-28)22-49-39-44-36-31(37(45-39)47-19-24-10-11-25(16-24)20-47)18-42-35(34(36)41)30-8-4-6-26-7-5-9-32(40)33(26)30/h3-9,12-15,18,24-25,28-29H,1,10-11,16-17,19-22H2,2H3,(H,43,48)/t24?,25?,28-,29+/m1/s1. The molecule has 4 heterocycles. The van der Waals surface area contributed by atoms with Gasteiger partial charge in [0.2, 0.25) is 0 Å². The van der Waals surface area contributed by atoms with E-state index in [0.29, 0.717) is 58.8 Å². The summed E-state index contributed by atoms with van der Waals surface area (Å²) in [4.78, 5) is 31.6. The molecular formula is C39H38ClFN6O2. The van der Waals surface area contributed by atoms with Gasteiger partial charge in [-0.1, -0.05) is 66.7 Å². The topological polar surface area (TPSA) is 83.5 Å². The molecule has 2 aromatic heterocycles. The number of carbonyl (C=O) groups is 1. The lowest BCUT2D eigenvalue weighted by Gasteiger charge is -2.33. The van der Waals surface area contributed by atoms with Crippen molar-refractivity contribution in [3.05, 3.63) is 95.4 Å². The summed E-state index contributed by atoms with van der Waals surface area (Å²) in [7, 11) is 2.02. The van der Waals surface area contributed by atoms with E-state index in [-0.39, 0.29) is 35.2 Å². The number of rotatable bonds is 8. The van der Waals surface area contributed by atoms with Gasteiger partial charge in [0.15, 0.2) is 5.82 Å². The number of hydrogen-bond donors (Lipinski definition) is 1. The molecular weight excluding hydrogens is 639 g/mol. The van der Waals surface area contributed by atoms with Gasteiger partial charge in [-0.05, 0) is 73.7 Å². The first-order chi connectivity index (χ1) is 23.8. The Hall–Kier alpha value is -4.60. The second-order valence-corrected chi connectivity index (χ2v) is 14.2. The highest BCUT2D eigenvalue weighted by Gasteiger charge is 2.35. The molecule has 2 unspecified atom stereocenters. The molecule has 3 fully saturated rings. The fourth-order valence-corrected chi connectivity index (χ4v) is 8.26. The number of piperidine rings is 1. The second-order valence-electron chi connectivity index (χ2n) is 13.7. The monoisotopic (exact) mass is 676 g/mol. The van der Waals surface area contributed by atoms with E-state index in [2.05, 4.69) is 31.7 Å². The van der Waals surface area contributed by atoms with Gasteiger partial charge in [0.25, 0.3) is 5.91 Å². The molecule has 3 aromatic carbocycles. The lowest BCUT2D eigenvalue weighted by atomic mass is 9.98. The summed E-state index contributed by atoms with van der Waals surface area (Å²) >= 11 is 6.63. The first-order valence-corrected chi connectivity index (χ1v) is 17.4. The number of nitrogens with one attached hydrogen (secondary N) is 1. The van der Waals surface area contributed by atoms with Crippen LogP contribution in [0.15, 0.2) is 73.4 Å². The summed E-state index contributed by atoms with van der Waals surface area (Å²) in [5.74, 6) is 1.23. The number of ether oxygens (including phenoxy) is 1. The van der Waals surface area contributed by atoms with Gasteiger partial charge in [0, 0.05) is 59.5 Å².